The zero-order chi connectivity index (χ0) is 18.7. The van der Waals surface area contributed by atoms with Gasteiger partial charge in [-0.3, -0.25) is 18.8 Å². The molecule has 1 N–H and O–H groups in total. The molecule has 5 rings (SSSR count). The first-order valence-electron chi connectivity index (χ1n) is 8.53. The second kappa shape index (κ2) is 5.72. The largest absolute Gasteiger partial charge is 0.328 e. The van der Waals surface area contributed by atoms with Gasteiger partial charge in [-0.1, -0.05) is 24.3 Å². The number of hydrogen-bond acceptors (Lipinski definition) is 4. The van der Waals surface area contributed by atoms with Gasteiger partial charge in [-0.15, -0.1) is 0 Å². The Labute approximate surface area is 155 Å². The van der Waals surface area contributed by atoms with Crippen molar-refractivity contribution in [2.75, 3.05) is 0 Å². The second-order valence-electron chi connectivity index (χ2n) is 6.70. The van der Waals surface area contributed by atoms with E-state index in [0.717, 1.165) is 24.4 Å². The molecule has 1 fully saturated rings. The zero-order valence-electron chi connectivity index (χ0n) is 14.0. The Morgan fingerprint density at radius 1 is 1.15 bits per heavy atom. The Kier molecular flexibility index (Phi) is 3.42. The molecule has 0 aliphatic heterocycles. The third-order valence-corrected chi connectivity index (χ3v) is 5.89. The van der Waals surface area contributed by atoms with Gasteiger partial charge in [0.2, 0.25) is 5.43 Å². The summed E-state index contributed by atoms with van der Waals surface area (Å²) in [4.78, 5) is 36.9. The van der Waals surface area contributed by atoms with Gasteiger partial charge in [0.15, 0.2) is 6.29 Å². The lowest BCUT2D eigenvalue weighted by Crippen LogP contribution is -2.15. The Morgan fingerprint density at radius 2 is 1.93 bits per heavy atom. The highest BCUT2D eigenvalue weighted by Crippen LogP contribution is 2.41. The topological polar surface area (TPSA) is 71.9 Å². The fourth-order valence-electron chi connectivity index (χ4n) is 3.60. The molecule has 1 saturated carbocycles. The van der Waals surface area contributed by atoms with E-state index in [1.807, 2.05) is 4.57 Å². The molecule has 0 spiro atoms. The van der Waals surface area contributed by atoms with Crippen molar-refractivity contribution in [2.24, 2.45) is 0 Å². The molecule has 1 aliphatic carbocycles. The standard InChI is InChI=1S/C20H13FN2O3S/c21-15-7-14-16(8-13(15)12-4-2-1-3-10(12)9-24)23(11-5-6-11)20-17(18(14)25)19(26)22-27-20/h1-4,7-9,11H,5-6H2,(H,22,26). The number of aldehydes is 1. The summed E-state index contributed by atoms with van der Waals surface area (Å²) >= 11 is 1.13. The van der Waals surface area contributed by atoms with Gasteiger partial charge in [0.1, 0.15) is 16.0 Å². The maximum atomic E-state index is 14.9. The quantitative estimate of drug-likeness (QED) is 0.549. The molecule has 0 radical (unpaired) electrons. The van der Waals surface area contributed by atoms with Crippen molar-refractivity contribution in [1.29, 1.82) is 0 Å². The van der Waals surface area contributed by atoms with E-state index >= 15 is 0 Å². The summed E-state index contributed by atoms with van der Waals surface area (Å²) in [6, 6.07) is 9.75. The van der Waals surface area contributed by atoms with Crippen LogP contribution in [0.3, 0.4) is 0 Å². The van der Waals surface area contributed by atoms with E-state index in [2.05, 4.69) is 4.37 Å². The first-order chi connectivity index (χ1) is 13.1. The van der Waals surface area contributed by atoms with Crippen LogP contribution in [-0.2, 0) is 0 Å². The molecule has 2 heterocycles. The fraction of sp³-hybridized carbons (Fsp3) is 0.150. The molecule has 0 saturated heterocycles. The smallest absolute Gasteiger partial charge is 0.271 e. The van der Waals surface area contributed by atoms with Gasteiger partial charge in [-0.2, -0.15) is 0 Å². The van der Waals surface area contributed by atoms with Gasteiger partial charge in [0, 0.05) is 22.6 Å². The van der Waals surface area contributed by atoms with Crippen LogP contribution in [0.2, 0.25) is 0 Å². The Morgan fingerprint density at radius 3 is 2.67 bits per heavy atom. The van der Waals surface area contributed by atoms with Gasteiger partial charge in [-0.05, 0) is 42.1 Å². The van der Waals surface area contributed by atoms with E-state index in [0.29, 0.717) is 27.8 Å². The number of nitrogens with zero attached hydrogens (tertiary/aromatic N) is 1. The summed E-state index contributed by atoms with van der Waals surface area (Å²) in [5, 5.41) is 0.267. The lowest BCUT2D eigenvalue weighted by atomic mass is 9.98. The van der Waals surface area contributed by atoms with Crippen molar-refractivity contribution in [2.45, 2.75) is 18.9 Å². The number of H-pyrrole nitrogens is 1. The summed E-state index contributed by atoms with van der Waals surface area (Å²) in [5.41, 5.74) is 0.802. The fourth-order valence-corrected chi connectivity index (χ4v) is 4.52. The predicted octanol–water partition coefficient (Wildman–Crippen LogP) is 3.86. The van der Waals surface area contributed by atoms with Crippen LogP contribution in [0.15, 0.2) is 46.0 Å². The molecule has 2 aromatic heterocycles. The number of aromatic nitrogens is 2. The summed E-state index contributed by atoms with van der Waals surface area (Å²) in [6.07, 6.45) is 2.57. The molecule has 27 heavy (non-hydrogen) atoms. The van der Waals surface area contributed by atoms with E-state index in [1.165, 1.54) is 6.07 Å². The first-order valence-corrected chi connectivity index (χ1v) is 9.35. The molecule has 0 unspecified atom stereocenters. The Bertz CT molecular complexity index is 1360. The Balaban J connectivity index is 1.95. The average Bonchev–Trinajstić information content (AvgIpc) is 3.44. The van der Waals surface area contributed by atoms with Crippen LogP contribution < -0.4 is 11.0 Å². The van der Waals surface area contributed by atoms with Crippen molar-refractivity contribution in [3.05, 3.63) is 68.4 Å². The van der Waals surface area contributed by atoms with E-state index in [4.69, 9.17) is 0 Å². The van der Waals surface area contributed by atoms with Crippen LogP contribution in [-0.4, -0.2) is 15.2 Å². The van der Waals surface area contributed by atoms with Crippen LogP contribution in [0.5, 0.6) is 0 Å². The number of aromatic amines is 1. The number of carbonyl (C=O) groups is 1. The third kappa shape index (κ3) is 2.31. The second-order valence-corrected chi connectivity index (χ2v) is 7.49. The van der Waals surface area contributed by atoms with E-state index in [9.17, 15) is 18.8 Å². The van der Waals surface area contributed by atoms with Crippen molar-refractivity contribution in [1.82, 2.24) is 8.94 Å². The molecule has 0 atom stereocenters. The molecule has 0 bridgehead atoms. The maximum Gasteiger partial charge on any atom is 0.271 e. The Hall–Kier alpha value is -3.06. The van der Waals surface area contributed by atoms with E-state index < -0.39 is 16.8 Å². The van der Waals surface area contributed by atoms with Gasteiger partial charge >= 0.3 is 0 Å². The van der Waals surface area contributed by atoms with Crippen molar-refractivity contribution in [3.8, 4) is 11.1 Å². The van der Waals surface area contributed by atoms with Crippen molar-refractivity contribution in [3.63, 3.8) is 0 Å². The number of nitrogens with one attached hydrogen (secondary N) is 1. The predicted molar refractivity (Wildman–Crippen MR) is 103 cm³/mol. The summed E-state index contributed by atoms with van der Waals surface area (Å²) in [6.45, 7) is 0. The molecule has 7 heteroatoms. The van der Waals surface area contributed by atoms with Crippen LogP contribution in [0.4, 0.5) is 4.39 Å². The van der Waals surface area contributed by atoms with Gasteiger partial charge in [0.25, 0.3) is 5.56 Å². The molecular weight excluding hydrogens is 367 g/mol. The van der Waals surface area contributed by atoms with E-state index in [-0.39, 0.29) is 22.4 Å². The lowest BCUT2D eigenvalue weighted by Gasteiger charge is -2.14. The molecular formula is C20H13FN2O3S. The number of fused-ring (bicyclic) bond motifs is 2. The minimum atomic E-state index is -0.595. The summed E-state index contributed by atoms with van der Waals surface area (Å²) in [7, 11) is 0. The SMILES string of the molecule is O=Cc1ccccc1-c1cc2c(cc1F)c(=O)c1c(=O)[nH]sc1n2C1CC1. The molecule has 5 nitrogen and oxygen atoms in total. The van der Waals surface area contributed by atoms with Crippen LogP contribution in [0.25, 0.3) is 32.2 Å². The number of halogens is 1. The van der Waals surface area contributed by atoms with Crippen molar-refractivity contribution >= 4 is 38.9 Å². The highest BCUT2D eigenvalue weighted by Gasteiger charge is 2.29. The molecule has 134 valence electrons. The number of rotatable bonds is 3. The summed E-state index contributed by atoms with van der Waals surface area (Å²) < 4.78 is 19.5. The molecule has 0 amide bonds. The lowest BCUT2D eigenvalue weighted by molar-refractivity contribution is 0.112. The van der Waals surface area contributed by atoms with E-state index in [1.54, 1.807) is 30.3 Å². The highest BCUT2D eigenvalue weighted by molar-refractivity contribution is 7.12. The minimum Gasteiger partial charge on any atom is -0.328 e. The van der Waals surface area contributed by atoms with Gasteiger partial charge in [-0.25, -0.2) is 4.39 Å². The number of benzene rings is 2. The zero-order valence-corrected chi connectivity index (χ0v) is 14.8. The number of hydrogen-bond donors (Lipinski definition) is 1. The van der Waals surface area contributed by atoms with Crippen LogP contribution in [0, 0.1) is 5.82 Å². The van der Waals surface area contributed by atoms with Gasteiger partial charge in [0.05, 0.1) is 5.52 Å². The minimum absolute atomic E-state index is 0.0832. The summed E-state index contributed by atoms with van der Waals surface area (Å²) in [5.74, 6) is -0.595. The van der Waals surface area contributed by atoms with Gasteiger partial charge < -0.3 is 4.57 Å². The van der Waals surface area contributed by atoms with Crippen LogP contribution in [0.1, 0.15) is 29.2 Å². The third-order valence-electron chi connectivity index (χ3n) is 5.01. The molecule has 2 aromatic carbocycles. The first kappa shape index (κ1) is 16.1. The number of carbonyl (C=O) groups excluding carboxylic acids is 1. The van der Waals surface area contributed by atoms with Crippen molar-refractivity contribution < 1.29 is 9.18 Å². The van der Waals surface area contributed by atoms with Crippen LogP contribution >= 0.6 is 11.5 Å². The molecule has 1 aliphatic rings. The monoisotopic (exact) mass is 380 g/mol. The maximum absolute atomic E-state index is 14.9. The average molecular weight is 380 g/mol. The highest BCUT2D eigenvalue weighted by atomic mass is 32.1. The molecule has 4 aromatic rings. The normalized spacial score (nSPS) is 14.1. The number of pyridine rings is 1.